The molecule has 4 heteroatoms. The number of hydrogen-bond donors (Lipinski definition) is 2. The fourth-order valence-electron chi connectivity index (χ4n) is 1.59. The first-order valence-corrected chi connectivity index (χ1v) is 5.34. The van der Waals surface area contributed by atoms with Crippen molar-refractivity contribution in [3.63, 3.8) is 0 Å². The topological polar surface area (TPSA) is 63.3 Å². The van der Waals surface area contributed by atoms with Crippen molar-refractivity contribution in [2.24, 2.45) is 0 Å². The fraction of sp³-hybridized carbons (Fsp3) is 0. The number of carboxylic acid groups (broad SMARTS) is 1. The Hall–Kier alpha value is -2.00. The maximum absolute atomic E-state index is 11.0. The van der Waals surface area contributed by atoms with Crippen molar-refractivity contribution in [2.75, 3.05) is 5.73 Å². The van der Waals surface area contributed by atoms with Crippen LogP contribution in [0.3, 0.4) is 0 Å². The zero-order chi connectivity index (χ0) is 12.4. The lowest BCUT2D eigenvalue weighted by Crippen LogP contribution is -2.02. The van der Waals surface area contributed by atoms with Crippen molar-refractivity contribution >= 4 is 23.3 Å². The molecule has 0 aliphatic rings. The molecule has 0 bridgehead atoms. The second-order valence-electron chi connectivity index (χ2n) is 3.62. The van der Waals surface area contributed by atoms with E-state index in [0.717, 1.165) is 11.1 Å². The molecule has 0 radical (unpaired) electrons. The second kappa shape index (κ2) is 4.47. The molecule has 2 rings (SSSR count). The molecule has 3 nitrogen and oxygen atoms in total. The van der Waals surface area contributed by atoms with Gasteiger partial charge in [-0.05, 0) is 35.4 Å². The van der Waals surface area contributed by atoms with Crippen molar-refractivity contribution in [3.8, 4) is 11.1 Å². The SMILES string of the molecule is Nc1ccc(-c2cccc(Cl)c2)cc1C(=O)O. The number of anilines is 1. The predicted molar refractivity (Wildman–Crippen MR) is 68.3 cm³/mol. The number of carboxylic acids is 1. The molecule has 17 heavy (non-hydrogen) atoms. The van der Waals surface area contributed by atoms with E-state index in [0.29, 0.717) is 5.02 Å². The summed E-state index contributed by atoms with van der Waals surface area (Å²) in [6.07, 6.45) is 0. The summed E-state index contributed by atoms with van der Waals surface area (Å²) in [5.74, 6) is -1.04. The molecule has 0 saturated heterocycles. The highest BCUT2D eigenvalue weighted by Gasteiger charge is 2.09. The summed E-state index contributed by atoms with van der Waals surface area (Å²) >= 11 is 5.89. The summed E-state index contributed by atoms with van der Waals surface area (Å²) in [6, 6.07) is 12.1. The molecule has 3 N–H and O–H groups in total. The van der Waals surface area contributed by atoms with Crippen LogP contribution in [-0.4, -0.2) is 11.1 Å². The van der Waals surface area contributed by atoms with Crippen LogP contribution in [0.2, 0.25) is 5.02 Å². The van der Waals surface area contributed by atoms with Crippen molar-refractivity contribution in [2.45, 2.75) is 0 Å². The summed E-state index contributed by atoms with van der Waals surface area (Å²) in [7, 11) is 0. The molecule has 0 aliphatic heterocycles. The summed E-state index contributed by atoms with van der Waals surface area (Å²) in [4.78, 5) is 11.0. The largest absolute Gasteiger partial charge is 0.478 e. The third-order valence-electron chi connectivity index (χ3n) is 2.44. The van der Waals surface area contributed by atoms with E-state index >= 15 is 0 Å². The van der Waals surface area contributed by atoms with Crippen molar-refractivity contribution in [1.82, 2.24) is 0 Å². The van der Waals surface area contributed by atoms with Gasteiger partial charge in [-0.3, -0.25) is 0 Å². The number of aromatic carboxylic acids is 1. The average molecular weight is 248 g/mol. The van der Waals surface area contributed by atoms with Gasteiger partial charge in [0.25, 0.3) is 0 Å². The molecule has 0 aliphatic carbocycles. The molecule has 2 aromatic carbocycles. The van der Waals surface area contributed by atoms with Gasteiger partial charge in [0, 0.05) is 10.7 Å². The Morgan fingerprint density at radius 1 is 1.12 bits per heavy atom. The van der Waals surface area contributed by atoms with E-state index in [4.69, 9.17) is 22.4 Å². The number of carbonyl (C=O) groups is 1. The lowest BCUT2D eigenvalue weighted by atomic mass is 10.0. The Morgan fingerprint density at radius 2 is 1.82 bits per heavy atom. The van der Waals surface area contributed by atoms with Gasteiger partial charge in [-0.2, -0.15) is 0 Å². The quantitative estimate of drug-likeness (QED) is 0.801. The highest BCUT2D eigenvalue weighted by Crippen LogP contribution is 2.25. The molecule has 0 atom stereocenters. The molecular weight excluding hydrogens is 238 g/mol. The Bertz CT molecular complexity index is 581. The van der Waals surface area contributed by atoms with Crippen LogP contribution < -0.4 is 5.73 Å². The second-order valence-corrected chi connectivity index (χ2v) is 4.05. The van der Waals surface area contributed by atoms with Gasteiger partial charge < -0.3 is 10.8 Å². The van der Waals surface area contributed by atoms with Gasteiger partial charge in [0.15, 0.2) is 0 Å². The molecule has 2 aromatic rings. The van der Waals surface area contributed by atoms with Gasteiger partial charge in [0.1, 0.15) is 0 Å². The lowest BCUT2D eigenvalue weighted by Gasteiger charge is -2.06. The predicted octanol–water partition coefficient (Wildman–Crippen LogP) is 3.29. The Balaban J connectivity index is 2.54. The van der Waals surface area contributed by atoms with Gasteiger partial charge in [0.05, 0.1) is 5.56 Å². The van der Waals surface area contributed by atoms with E-state index in [2.05, 4.69) is 0 Å². The monoisotopic (exact) mass is 247 g/mol. The minimum atomic E-state index is -1.04. The Kier molecular flexibility index (Phi) is 3.02. The first-order valence-electron chi connectivity index (χ1n) is 4.96. The van der Waals surface area contributed by atoms with Crippen LogP contribution in [0.5, 0.6) is 0 Å². The Morgan fingerprint density at radius 3 is 2.47 bits per heavy atom. The average Bonchev–Trinajstić information content (AvgIpc) is 2.29. The summed E-state index contributed by atoms with van der Waals surface area (Å²) in [5, 5.41) is 9.59. The minimum absolute atomic E-state index is 0.0995. The molecule has 0 amide bonds. The van der Waals surface area contributed by atoms with Gasteiger partial charge in [-0.15, -0.1) is 0 Å². The van der Waals surface area contributed by atoms with Gasteiger partial charge >= 0.3 is 5.97 Å². The van der Waals surface area contributed by atoms with Crippen molar-refractivity contribution in [1.29, 1.82) is 0 Å². The lowest BCUT2D eigenvalue weighted by molar-refractivity contribution is 0.0698. The van der Waals surface area contributed by atoms with E-state index in [1.165, 1.54) is 0 Å². The van der Waals surface area contributed by atoms with Crippen LogP contribution in [0.15, 0.2) is 42.5 Å². The standard InChI is InChI=1S/C13H10ClNO2/c14-10-3-1-2-8(6-10)9-4-5-12(15)11(7-9)13(16)17/h1-7H,15H2,(H,16,17). The van der Waals surface area contributed by atoms with Crippen LogP contribution in [0.1, 0.15) is 10.4 Å². The normalized spacial score (nSPS) is 10.2. The van der Waals surface area contributed by atoms with Gasteiger partial charge in [-0.1, -0.05) is 29.8 Å². The first-order chi connectivity index (χ1) is 8.08. The van der Waals surface area contributed by atoms with E-state index in [1.54, 1.807) is 30.3 Å². The molecule has 0 fully saturated rings. The molecule has 86 valence electrons. The summed E-state index contributed by atoms with van der Waals surface area (Å²) < 4.78 is 0. The van der Waals surface area contributed by atoms with Crippen LogP contribution in [0, 0.1) is 0 Å². The van der Waals surface area contributed by atoms with Crippen LogP contribution in [0.4, 0.5) is 5.69 Å². The fourth-order valence-corrected chi connectivity index (χ4v) is 1.78. The number of hydrogen-bond acceptors (Lipinski definition) is 2. The van der Waals surface area contributed by atoms with Crippen LogP contribution in [-0.2, 0) is 0 Å². The summed E-state index contributed by atoms with van der Waals surface area (Å²) in [6.45, 7) is 0. The molecule has 0 spiro atoms. The maximum atomic E-state index is 11.0. The highest BCUT2D eigenvalue weighted by atomic mass is 35.5. The molecular formula is C13H10ClNO2. The van der Waals surface area contributed by atoms with Gasteiger partial charge in [0.2, 0.25) is 0 Å². The van der Waals surface area contributed by atoms with E-state index in [-0.39, 0.29) is 11.3 Å². The van der Waals surface area contributed by atoms with E-state index in [1.807, 2.05) is 12.1 Å². The zero-order valence-electron chi connectivity index (χ0n) is 8.85. The number of nitrogens with two attached hydrogens (primary N) is 1. The molecule has 0 heterocycles. The molecule has 0 saturated carbocycles. The third-order valence-corrected chi connectivity index (χ3v) is 2.68. The number of nitrogen functional groups attached to an aromatic ring is 1. The van der Waals surface area contributed by atoms with Crippen LogP contribution >= 0.6 is 11.6 Å². The number of benzene rings is 2. The number of rotatable bonds is 2. The molecule has 0 unspecified atom stereocenters. The minimum Gasteiger partial charge on any atom is -0.478 e. The number of halogens is 1. The first kappa shape index (κ1) is 11.5. The maximum Gasteiger partial charge on any atom is 0.337 e. The van der Waals surface area contributed by atoms with Gasteiger partial charge in [-0.25, -0.2) is 4.79 Å². The summed E-state index contributed by atoms with van der Waals surface area (Å²) in [5.41, 5.74) is 7.58. The van der Waals surface area contributed by atoms with Crippen molar-refractivity contribution < 1.29 is 9.90 Å². The Labute approximate surface area is 103 Å². The molecule has 0 aromatic heterocycles. The smallest absolute Gasteiger partial charge is 0.337 e. The van der Waals surface area contributed by atoms with E-state index in [9.17, 15) is 4.79 Å². The van der Waals surface area contributed by atoms with Crippen LogP contribution in [0.25, 0.3) is 11.1 Å². The van der Waals surface area contributed by atoms with Crippen molar-refractivity contribution in [3.05, 3.63) is 53.1 Å². The van der Waals surface area contributed by atoms with E-state index < -0.39 is 5.97 Å². The third kappa shape index (κ3) is 2.40. The highest BCUT2D eigenvalue weighted by molar-refractivity contribution is 6.30. The zero-order valence-corrected chi connectivity index (χ0v) is 9.61.